The van der Waals surface area contributed by atoms with Crippen LogP contribution in [0, 0.1) is 13.8 Å². The van der Waals surface area contributed by atoms with Crippen molar-refractivity contribution in [1.82, 2.24) is 5.32 Å². The predicted molar refractivity (Wildman–Crippen MR) is 102 cm³/mol. The average molecular weight is 365 g/mol. The molecule has 1 atom stereocenters. The van der Waals surface area contributed by atoms with Gasteiger partial charge in [-0.1, -0.05) is 18.2 Å². The molecule has 0 spiro atoms. The van der Waals surface area contributed by atoms with Crippen LogP contribution in [-0.4, -0.2) is 23.0 Å². The van der Waals surface area contributed by atoms with E-state index in [1.54, 1.807) is 30.3 Å². The number of nitrogens with one attached hydrogen (secondary N) is 1. The van der Waals surface area contributed by atoms with Gasteiger partial charge < -0.3 is 14.8 Å². The first-order valence-electron chi connectivity index (χ1n) is 8.45. The standard InChI is InChI=1S/C21H19NO5/c1-11-8-12(2)19-16(9-11)17(23)10-18(27-19)14-4-6-15(7-5-14)20(24)22-13(3)21(25)26/h4-10,13H,1-3H3,(H,22,24)(H,25,26). The normalized spacial score (nSPS) is 12.0. The smallest absolute Gasteiger partial charge is 0.325 e. The van der Waals surface area contributed by atoms with E-state index in [1.165, 1.54) is 13.0 Å². The Kier molecular flexibility index (Phi) is 4.81. The summed E-state index contributed by atoms with van der Waals surface area (Å²) in [6, 6.07) is 10.6. The maximum Gasteiger partial charge on any atom is 0.325 e. The van der Waals surface area contributed by atoms with E-state index in [4.69, 9.17) is 9.52 Å². The second-order valence-electron chi connectivity index (χ2n) is 6.54. The fourth-order valence-corrected chi connectivity index (χ4v) is 2.88. The van der Waals surface area contributed by atoms with Gasteiger partial charge in [-0.2, -0.15) is 0 Å². The Hall–Kier alpha value is -3.41. The SMILES string of the molecule is Cc1cc(C)c2oc(-c3ccc(C(=O)NC(C)C(=O)O)cc3)cc(=O)c2c1. The van der Waals surface area contributed by atoms with Gasteiger partial charge in [0.2, 0.25) is 0 Å². The number of carboxylic acids is 1. The zero-order valence-electron chi connectivity index (χ0n) is 15.2. The first-order valence-corrected chi connectivity index (χ1v) is 8.45. The minimum atomic E-state index is -1.11. The maximum atomic E-state index is 12.5. The highest BCUT2D eigenvalue weighted by atomic mass is 16.4. The molecule has 3 aromatic rings. The van der Waals surface area contributed by atoms with Crippen molar-refractivity contribution in [3.63, 3.8) is 0 Å². The second kappa shape index (κ2) is 7.07. The molecule has 0 bridgehead atoms. The lowest BCUT2D eigenvalue weighted by molar-refractivity contribution is -0.138. The molecule has 2 aromatic carbocycles. The number of aliphatic carboxylic acids is 1. The maximum absolute atomic E-state index is 12.5. The van der Waals surface area contributed by atoms with Crippen molar-refractivity contribution < 1.29 is 19.1 Å². The van der Waals surface area contributed by atoms with Crippen molar-refractivity contribution in [2.45, 2.75) is 26.8 Å². The number of hydrogen-bond donors (Lipinski definition) is 2. The lowest BCUT2D eigenvalue weighted by atomic mass is 10.1. The number of hydrogen-bond acceptors (Lipinski definition) is 4. The molecular weight excluding hydrogens is 346 g/mol. The third kappa shape index (κ3) is 3.74. The van der Waals surface area contributed by atoms with Gasteiger partial charge >= 0.3 is 5.97 Å². The molecule has 6 nitrogen and oxygen atoms in total. The van der Waals surface area contributed by atoms with Crippen LogP contribution in [0.15, 0.2) is 51.7 Å². The minimum Gasteiger partial charge on any atom is -0.480 e. The van der Waals surface area contributed by atoms with Gasteiger partial charge in [0.25, 0.3) is 5.91 Å². The minimum absolute atomic E-state index is 0.129. The molecule has 0 aliphatic heterocycles. The molecule has 0 fully saturated rings. The van der Waals surface area contributed by atoms with Crippen molar-refractivity contribution in [2.75, 3.05) is 0 Å². The van der Waals surface area contributed by atoms with Crippen molar-refractivity contribution in [3.05, 3.63) is 69.4 Å². The number of benzene rings is 2. The molecule has 27 heavy (non-hydrogen) atoms. The largest absolute Gasteiger partial charge is 0.480 e. The van der Waals surface area contributed by atoms with Crippen LogP contribution < -0.4 is 10.7 Å². The lowest BCUT2D eigenvalue weighted by Crippen LogP contribution is -2.38. The highest BCUT2D eigenvalue weighted by Crippen LogP contribution is 2.25. The highest BCUT2D eigenvalue weighted by Gasteiger charge is 2.16. The predicted octanol–water partition coefficient (Wildman–Crippen LogP) is 3.28. The highest BCUT2D eigenvalue weighted by molar-refractivity contribution is 5.96. The molecule has 1 heterocycles. The summed E-state index contributed by atoms with van der Waals surface area (Å²) in [5.74, 6) is -1.18. The van der Waals surface area contributed by atoms with E-state index < -0.39 is 17.9 Å². The van der Waals surface area contributed by atoms with Crippen LogP contribution in [-0.2, 0) is 4.79 Å². The van der Waals surface area contributed by atoms with Crippen LogP contribution in [0.4, 0.5) is 0 Å². The molecule has 0 aliphatic carbocycles. The number of amides is 1. The molecule has 1 aromatic heterocycles. The first kappa shape index (κ1) is 18.4. The van der Waals surface area contributed by atoms with Gasteiger partial charge in [-0.15, -0.1) is 0 Å². The van der Waals surface area contributed by atoms with E-state index in [0.29, 0.717) is 27.9 Å². The van der Waals surface area contributed by atoms with Gasteiger partial charge in [-0.3, -0.25) is 14.4 Å². The fraction of sp³-hybridized carbons (Fsp3) is 0.190. The number of carboxylic acid groups (broad SMARTS) is 1. The third-order valence-electron chi connectivity index (χ3n) is 4.31. The van der Waals surface area contributed by atoms with E-state index in [1.807, 2.05) is 19.9 Å². The van der Waals surface area contributed by atoms with Gasteiger partial charge in [0, 0.05) is 17.2 Å². The Bertz CT molecular complexity index is 1100. The molecule has 3 rings (SSSR count). The molecule has 0 radical (unpaired) electrons. The summed E-state index contributed by atoms with van der Waals surface area (Å²) < 4.78 is 5.93. The summed E-state index contributed by atoms with van der Waals surface area (Å²) in [6.07, 6.45) is 0. The van der Waals surface area contributed by atoms with Gasteiger partial charge in [0.05, 0.1) is 5.39 Å². The van der Waals surface area contributed by atoms with Crippen LogP contribution in [0.1, 0.15) is 28.4 Å². The fourth-order valence-electron chi connectivity index (χ4n) is 2.88. The van der Waals surface area contributed by atoms with Crippen molar-refractivity contribution >= 4 is 22.8 Å². The monoisotopic (exact) mass is 365 g/mol. The lowest BCUT2D eigenvalue weighted by Gasteiger charge is -2.10. The molecule has 138 valence electrons. The molecule has 0 saturated heterocycles. The van der Waals surface area contributed by atoms with Crippen LogP contribution in [0.2, 0.25) is 0 Å². The van der Waals surface area contributed by atoms with Crippen LogP contribution in [0.3, 0.4) is 0 Å². The van der Waals surface area contributed by atoms with Crippen LogP contribution >= 0.6 is 0 Å². The first-order chi connectivity index (χ1) is 12.8. The molecule has 6 heteroatoms. The summed E-state index contributed by atoms with van der Waals surface area (Å²) in [5.41, 5.74) is 3.25. The number of carbonyl (C=O) groups is 2. The Balaban J connectivity index is 1.95. The third-order valence-corrected chi connectivity index (χ3v) is 4.31. The number of rotatable bonds is 4. The molecular formula is C21H19NO5. The Morgan fingerprint density at radius 3 is 2.37 bits per heavy atom. The van der Waals surface area contributed by atoms with E-state index in [2.05, 4.69) is 5.32 Å². The topological polar surface area (TPSA) is 96.6 Å². The van der Waals surface area contributed by atoms with E-state index in [-0.39, 0.29) is 5.43 Å². The van der Waals surface area contributed by atoms with E-state index in [0.717, 1.165) is 11.1 Å². The molecule has 1 unspecified atom stereocenters. The van der Waals surface area contributed by atoms with Crippen molar-refractivity contribution in [1.29, 1.82) is 0 Å². The van der Waals surface area contributed by atoms with Gasteiger partial charge in [-0.25, -0.2) is 0 Å². The van der Waals surface area contributed by atoms with Crippen LogP contribution in [0.5, 0.6) is 0 Å². The average Bonchev–Trinajstić information content (AvgIpc) is 2.62. The van der Waals surface area contributed by atoms with Crippen molar-refractivity contribution in [2.24, 2.45) is 0 Å². The molecule has 2 N–H and O–H groups in total. The van der Waals surface area contributed by atoms with Gasteiger partial charge in [0.15, 0.2) is 5.43 Å². The Morgan fingerprint density at radius 1 is 1.07 bits per heavy atom. The summed E-state index contributed by atoms with van der Waals surface area (Å²) in [6.45, 7) is 5.20. The summed E-state index contributed by atoms with van der Waals surface area (Å²) >= 11 is 0. The van der Waals surface area contributed by atoms with Gasteiger partial charge in [0.1, 0.15) is 17.4 Å². The number of carbonyl (C=O) groups excluding carboxylic acids is 1. The number of fused-ring (bicyclic) bond motifs is 1. The Labute approximate surface area is 155 Å². The molecule has 0 saturated carbocycles. The summed E-state index contributed by atoms with van der Waals surface area (Å²) in [5, 5.41) is 11.8. The quantitative estimate of drug-likeness (QED) is 0.740. The van der Waals surface area contributed by atoms with Crippen molar-refractivity contribution in [3.8, 4) is 11.3 Å². The number of aryl methyl sites for hydroxylation is 2. The van der Waals surface area contributed by atoms with E-state index in [9.17, 15) is 14.4 Å². The second-order valence-corrected chi connectivity index (χ2v) is 6.54. The van der Waals surface area contributed by atoms with Crippen LogP contribution in [0.25, 0.3) is 22.3 Å². The molecule has 0 aliphatic rings. The zero-order chi connectivity index (χ0) is 19.7. The van der Waals surface area contributed by atoms with Gasteiger partial charge in [-0.05, 0) is 50.1 Å². The molecule has 1 amide bonds. The summed E-state index contributed by atoms with van der Waals surface area (Å²) in [7, 11) is 0. The van der Waals surface area contributed by atoms with E-state index >= 15 is 0 Å². The Morgan fingerprint density at radius 2 is 1.74 bits per heavy atom. The zero-order valence-corrected chi connectivity index (χ0v) is 15.2. The summed E-state index contributed by atoms with van der Waals surface area (Å²) in [4.78, 5) is 35.4.